The standard InChI is InChI=1S/C7H9N5O2/c8-6(9)5-2-1-4(3-11-5)12(10)7(13)14/h1-3H,10H2,(H3,8,9)(H,13,14). The Morgan fingerprint density at radius 3 is 2.57 bits per heavy atom. The molecular formula is C7H9N5O2. The summed E-state index contributed by atoms with van der Waals surface area (Å²) in [4.78, 5) is 14.2. The fraction of sp³-hybridized carbons (Fsp3) is 0. The number of nitrogen functional groups attached to an aromatic ring is 1. The average Bonchev–Trinajstić information content (AvgIpc) is 2.16. The van der Waals surface area contributed by atoms with Gasteiger partial charge in [-0.15, -0.1) is 0 Å². The number of carboxylic acid groups (broad SMARTS) is 1. The Bertz CT molecular complexity index is 361. The second kappa shape index (κ2) is 3.71. The molecule has 1 aromatic rings. The number of nitrogens with zero attached hydrogens (tertiary/aromatic N) is 2. The summed E-state index contributed by atoms with van der Waals surface area (Å²) in [6, 6.07) is 2.83. The van der Waals surface area contributed by atoms with Crippen molar-refractivity contribution in [1.29, 1.82) is 5.41 Å². The van der Waals surface area contributed by atoms with Crippen LogP contribution in [0.25, 0.3) is 0 Å². The Morgan fingerprint density at radius 2 is 2.21 bits per heavy atom. The summed E-state index contributed by atoms with van der Waals surface area (Å²) in [5, 5.41) is 16.1. The third-order valence-corrected chi connectivity index (χ3v) is 1.51. The smallest absolute Gasteiger partial charge is 0.426 e. The van der Waals surface area contributed by atoms with Gasteiger partial charge in [-0.05, 0) is 12.1 Å². The molecule has 0 saturated heterocycles. The van der Waals surface area contributed by atoms with Gasteiger partial charge in [0.25, 0.3) is 0 Å². The minimum absolute atomic E-state index is 0.185. The molecule has 0 aliphatic heterocycles. The summed E-state index contributed by atoms with van der Waals surface area (Å²) in [6.07, 6.45) is -0.0624. The topological polar surface area (TPSA) is 129 Å². The van der Waals surface area contributed by atoms with E-state index in [9.17, 15) is 4.79 Å². The van der Waals surface area contributed by atoms with Crippen molar-refractivity contribution in [1.82, 2.24) is 4.98 Å². The molecule has 0 saturated carbocycles. The largest absolute Gasteiger partial charge is 0.464 e. The van der Waals surface area contributed by atoms with Gasteiger partial charge in [0.15, 0.2) is 0 Å². The number of hydrogen-bond donors (Lipinski definition) is 4. The van der Waals surface area contributed by atoms with Gasteiger partial charge in [-0.1, -0.05) is 0 Å². The Kier molecular flexibility index (Phi) is 2.63. The molecule has 0 radical (unpaired) electrons. The second-order valence-corrected chi connectivity index (χ2v) is 2.47. The van der Waals surface area contributed by atoms with E-state index in [0.29, 0.717) is 5.01 Å². The molecule has 0 bridgehead atoms. The number of amides is 1. The van der Waals surface area contributed by atoms with Gasteiger partial charge in [0.2, 0.25) is 0 Å². The molecular weight excluding hydrogens is 186 g/mol. The molecule has 0 aliphatic carbocycles. The fourth-order valence-electron chi connectivity index (χ4n) is 0.798. The zero-order chi connectivity index (χ0) is 10.7. The molecule has 74 valence electrons. The second-order valence-electron chi connectivity index (χ2n) is 2.47. The van der Waals surface area contributed by atoms with E-state index >= 15 is 0 Å². The van der Waals surface area contributed by atoms with Gasteiger partial charge >= 0.3 is 6.09 Å². The van der Waals surface area contributed by atoms with Crippen LogP contribution in [0.4, 0.5) is 10.5 Å². The van der Waals surface area contributed by atoms with Crippen LogP contribution in [0, 0.1) is 5.41 Å². The quantitative estimate of drug-likeness (QED) is 0.169. The van der Waals surface area contributed by atoms with Crippen LogP contribution in [-0.2, 0) is 0 Å². The molecule has 1 rings (SSSR count). The number of anilines is 1. The highest BCUT2D eigenvalue weighted by Gasteiger charge is 2.09. The molecule has 6 N–H and O–H groups in total. The van der Waals surface area contributed by atoms with Gasteiger partial charge in [-0.25, -0.2) is 15.6 Å². The first-order valence-electron chi connectivity index (χ1n) is 3.60. The number of nitrogens with two attached hydrogens (primary N) is 2. The van der Waals surface area contributed by atoms with E-state index in [-0.39, 0.29) is 17.2 Å². The molecule has 14 heavy (non-hydrogen) atoms. The number of carbonyl (C=O) groups is 1. The SMILES string of the molecule is N=C(N)c1ccc(N(N)C(=O)O)cn1. The monoisotopic (exact) mass is 195 g/mol. The molecule has 0 aliphatic rings. The predicted molar refractivity (Wildman–Crippen MR) is 49.9 cm³/mol. The molecule has 0 spiro atoms. The van der Waals surface area contributed by atoms with Gasteiger partial charge in [0, 0.05) is 0 Å². The van der Waals surface area contributed by atoms with Crippen molar-refractivity contribution in [3.05, 3.63) is 24.0 Å². The number of hydrazine groups is 1. The van der Waals surface area contributed by atoms with Crippen molar-refractivity contribution in [2.45, 2.75) is 0 Å². The van der Waals surface area contributed by atoms with Gasteiger partial charge in [0.1, 0.15) is 11.5 Å². The number of nitrogens with one attached hydrogen (secondary N) is 1. The summed E-state index contributed by atoms with van der Waals surface area (Å²) < 4.78 is 0. The fourth-order valence-corrected chi connectivity index (χ4v) is 0.798. The van der Waals surface area contributed by atoms with E-state index in [1.165, 1.54) is 18.3 Å². The Hall–Kier alpha value is -2.15. The van der Waals surface area contributed by atoms with Crippen LogP contribution in [-0.4, -0.2) is 22.0 Å². The molecule has 1 heterocycles. The van der Waals surface area contributed by atoms with Crippen molar-refractivity contribution >= 4 is 17.6 Å². The maximum Gasteiger partial charge on any atom is 0.426 e. The Labute approximate surface area is 79.4 Å². The maximum atomic E-state index is 10.4. The third-order valence-electron chi connectivity index (χ3n) is 1.51. The van der Waals surface area contributed by atoms with E-state index in [1.807, 2.05) is 0 Å². The zero-order valence-corrected chi connectivity index (χ0v) is 7.14. The highest BCUT2D eigenvalue weighted by Crippen LogP contribution is 2.09. The zero-order valence-electron chi connectivity index (χ0n) is 7.14. The minimum atomic E-state index is -1.29. The van der Waals surface area contributed by atoms with E-state index in [4.69, 9.17) is 22.1 Å². The van der Waals surface area contributed by atoms with Gasteiger partial charge in [0.05, 0.1) is 11.9 Å². The first-order valence-corrected chi connectivity index (χ1v) is 3.60. The van der Waals surface area contributed by atoms with Gasteiger partial charge in [-0.2, -0.15) is 0 Å². The lowest BCUT2D eigenvalue weighted by atomic mass is 10.3. The summed E-state index contributed by atoms with van der Waals surface area (Å²) in [7, 11) is 0. The van der Waals surface area contributed by atoms with E-state index < -0.39 is 6.09 Å². The van der Waals surface area contributed by atoms with Crippen LogP contribution in [0.15, 0.2) is 18.3 Å². The molecule has 0 aromatic carbocycles. The highest BCUT2D eigenvalue weighted by molar-refractivity contribution is 5.93. The van der Waals surface area contributed by atoms with E-state index in [1.54, 1.807) is 0 Å². The number of pyridine rings is 1. The van der Waals surface area contributed by atoms with Crippen LogP contribution in [0.1, 0.15) is 5.69 Å². The lowest BCUT2D eigenvalue weighted by Crippen LogP contribution is -2.36. The maximum absolute atomic E-state index is 10.4. The lowest BCUT2D eigenvalue weighted by Gasteiger charge is -2.11. The van der Waals surface area contributed by atoms with Crippen molar-refractivity contribution in [3.8, 4) is 0 Å². The summed E-state index contributed by atoms with van der Waals surface area (Å²) in [5.41, 5.74) is 5.64. The molecule has 0 fully saturated rings. The van der Waals surface area contributed by atoms with Crippen molar-refractivity contribution in [3.63, 3.8) is 0 Å². The van der Waals surface area contributed by atoms with Crippen LogP contribution in [0.2, 0.25) is 0 Å². The van der Waals surface area contributed by atoms with Gasteiger partial charge in [-0.3, -0.25) is 10.4 Å². The van der Waals surface area contributed by atoms with E-state index in [2.05, 4.69) is 4.98 Å². The molecule has 0 unspecified atom stereocenters. The number of hydrogen-bond acceptors (Lipinski definition) is 4. The Morgan fingerprint density at radius 1 is 1.57 bits per heavy atom. The van der Waals surface area contributed by atoms with Crippen molar-refractivity contribution in [2.75, 3.05) is 5.01 Å². The number of amidine groups is 1. The first-order chi connectivity index (χ1) is 6.52. The van der Waals surface area contributed by atoms with Gasteiger partial charge < -0.3 is 10.8 Å². The molecule has 1 aromatic heterocycles. The average molecular weight is 195 g/mol. The summed E-state index contributed by atoms with van der Waals surface area (Å²) in [6.45, 7) is 0. The normalized spacial score (nSPS) is 9.50. The lowest BCUT2D eigenvalue weighted by molar-refractivity contribution is 0.202. The van der Waals surface area contributed by atoms with Crippen molar-refractivity contribution < 1.29 is 9.90 Å². The summed E-state index contributed by atoms with van der Waals surface area (Å²) >= 11 is 0. The number of aromatic nitrogens is 1. The van der Waals surface area contributed by atoms with E-state index in [0.717, 1.165) is 0 Å². The highest BCUT2D eigenvalue weighted by atomic mass is 16.4. The van der Waals surface area contributed by atoms with Crippen LogP contribution in [0.5, 0.6) is 0 Å². The number of rotatable bonds is 2. The Balaban J connectivity index is 2.94. The molecule has 7 nitrogen and oxygen atoms in total. The molecule has 7 heteroatoms. The molecule has 1 amide bonds. The third kappa shape index (κ3) is 1.96. The van der Waals surface area contributed by atoms with Crippen LogP contribution >= 0.6 is 0 Å². The van der Waals surface area contributed by atoms with Crippen molar-refractivity contribution in [2.24, 2.45) is 11.6 Å². The van der Waals surface area contributed by atoms with Crippen LogP contribution < -0.4 is 16.6 Å². The summed E-state index contributed by atoms with van der Waals surface area (Å²) in [5.74, 6) is 4.99. The molecule has 0 atom stereocenters. The predicted octanol–water partition coefficient (Wildman–Crippen LogP) is -0.276. The minimum Gasteiger partial charge on any atom is -0.464 e. The van der Waals surface area contributed by atoms with Crippen LogP contribution in [0.3, 0.4) is 0 Å². The first kappa shape index (κ1) is 9.93.